The number of carboxylic acid groups (broad SMARTS) is 1. The Balaban J connectivity index is 2.22. The molecule has 1 aliphatic rings. The fourth-order valence-corrected chi connectivity index (χ4v) is 2.25. The molecule has 0 aliphatic carbocycles. The van der Waals surface area contributed by atoms with Gasteiger partial charge in [0.2, 0.25) is 12.9 Å². The number of nitrogens with one attached hydrogen (secondary N) is 1. The fraction of sp³-hybridized carbons (Fsp3) is 0.400. The molecule has 0 spiro atoms. The summed E-state index contributed by atoms with van der Waals surface area (Å²) in [5.41, 5.74) is 0.666. The van der Waals surface area contributed by atoms with Crippen LogP contribution in [0.25, 0.3) is 0 Å². The summed E-state index contributed by atoms with van der Waals surface area (Å²) in [6.45, 7) is 1.19. The third-order valence-corrected chi connectivity index (χ3v) is 3.28. The Morgan fingerprint density at radius 1 is 1.29 bits per heavy atom. The lowest BCUT2D eigenvalue weighted by Crippen LogP contribution is -2.50. The van der Waals surface area contributed by atoms with Gasteiger partial charge in [-0.1, -0.05) is 6.07 Å². The van der Waals surface area contributed by atoms with E-state index < -0.39 is 30.2 Å². The third kappa shape index (κ3) is 4.28. The number of alkyl carbamates (subject to hydrolysis) is 1. The minimum Gasteiger partial charge on any atom is -0.478 e. The average Bonchev–Trinajstić information content (AvgIpc) is 2.99. The van der Waals surface area contributed by atoms with Crippen LogP contribution in [0.15, 0.2) is 18.2 Å². The van der Waals surface area contributed by atoms with Gasteiger partial charge in [-0.25, -0.2) is 9.59 Å². The van der Waals surface area contributed by atoms with Crippen LogP contribution >= 0.6 is 0 Å². The SMILES string of the molecule is COC(=O)NC(Cc1ccc2c(c1)OCO2)C(OC(C)=O)C(=O)O. The second kappa shape index (κ2) is 7.53. The Hall–Kier alpha value is -2.97. The summed E-state index contributed by atoms with van der Waals surface area (Å²) in [5.74, 6) is -1.06. The monoisotopic (exact) mass is 339 g/mol. The Morgan fingerprint density at radius 2 is 2.00 bits per heavy atom. The number of hydrogen-bond donors (Lipinski definition) is 2. The molecule has 2 unspecified atom stereocenters. The minimum atomic E-state index is -1.56. The van der Waals surface area contributed by atoms with Gasteiger partial charge >= 0.3 is 18.0 Å². The highest BCUT2D eigenvalue weighted by atomic mass is 16.7. The van der Waals surface area contributed by atoms with Gasteiger partial charge in [0.15, 0.2) is 11.5 Å². The van der Waals surface area contributed by atoms with Crippen molar-refractivity contribution in [3.05, 3.63) is 23.8 Å². The van der Waals surface area contributed by atoms with Crippen molar-refractivity contribution in [2.75, 3.05) is 13.9 Å². The van der Waals surface area contributed by atoms with E-state index in [1.807, 2.05) is 0 Å². The Bertz CT molecular complexity index is 644. The number of methoxy groups -OCH3 is 1. The van der Waals surface area contributed by atoms with Crippen molar-refractivity contribution < 1.29 is 38.4 Å². The summed E-state index contributed by atoms with van der Waals surface area (Å²) in [7, 11) is 1.15. The molecule has 130 valence electrons. The zero-order valence-corrected chi connectivity index (χ0v) is 13.1. The molecule has 0 saturated carbocycles. The van der Waals surface area contributed by atoms with E-state index in [2.05, 4.69) is 10.1 Å². The first kappa shape index (κ1) is 17.4. The van der Waals surface area contributed by atoms with Gasteiger partial charge in [0.1, 0.15) is 0 Å². The second-order valence-corrected chi connectivity index (χ2v) is 5.00. The standard InChI is InChI=1S/C15H17NO8/c1-8(17)24-13(14(18)19)10(16-15(20)21-2)5-9-3-4-11-12(6-9)23-7-22-11/h3-4,6,10,13H,5,7H2,1-2H3,(H,16,20)(H,18,19). The highest BCUT2D eigenvalue weighted by molar-refractivity contribution is 5.79. The Morgan fingerprint density at radius 3 is 2.62 bits per heavy atom. The smallest absolute Gasteiger partial charge is 0.407 e. The van der Waals surface area contributed by atoms with E-state index in [4.69, 9.17) is 14.2 Å². The number of hydrogen-bond acceptors (Lipinski definition) is 7. The lowest BCUT2D eigenvalue weighted by Gasteiger charge is -2.24. The van der Waals surface area contributed by atoms with Gasteiger partial charge in [-0.05, 0) is 24.1 Å². The van der Waals surface area contributed by atoms with E-state index in [1.165, 1.54) is 0 Å². The molecule has 0 fully saturated rings. The number of ether oxygens (including phenoxy) is 4. The fourth-order valence-electron chi connectivity index (χ4n) is 2.25. The molecule has 0 saturated heterocycles. The number of carboxylic acids is 1. The van der Waals surface area contributed by atoms with E-state index in [0.717, 1.165) is 14.0 Å². The molecule has 1 heterocycles. The molecule has 2 rings (SSSR count). The maximum absolute atomic E-state index is 11.5. The quantitative estimate of drug-likeness (QED) is 0.727. The number of aliphatic carboxylic acids is 1. The number of rotatable bonds is 6. The van der Waals surface area contributed by atoms with Gasteiger partial charge in [0.05, 0.1) is 13.2 Å². The van der Waals surface area contributed by atoms with E-state index in [0.29, 0.717) is 17.1 Å². The van der Waals surface area contributed by atoms with Crippen LogP contribution in [0, 0.1) is 0 Å². The molecule has 9 heteroatoms. The molecule has 1 amide bonds. The van der Waals surface area contributed by atoms with E-state index in [1.54, 1.807) is 18.2 Å². The van der Waals surface area contributed by atoms with Crippen LogP contribution in [0.2, 0.25) is 0 Å². The largest absolute Gasteiger partial charge is 0.478 e. The first-order valence-corrected chi connectivity index (χ1v) is 7.03. The van der Waals surface area contributed by atoms with Crippen molar-refractivity contribution in [1.29, 1.82) is 0 Å². The number of carbonyl (C=O) groups is 3. The molecule has 2 N–H and O–H groups in total. The topological polar surface area (TPSA) is 120 Å². The van der Waals surface area contributed by atoms with Crippen LogP contribution < -0.4 is 14.8 Å². The van der Waals surface area contributed by atoms with Crippen LogP contribution in [-0.2, 0) is 25.5 Å². The second-order valence-electron chi connectivity index (χ2n) is 5.00. The van der Waals surface area contributed by atoms with Gasteiger partial charge in [-0.2, -0.15) is 0 Å². The van der Waals surface area contributed by atoms with Crippen LogP contribution in [0.3, 0.4) is 0 Å². The molecule has 0 bridgehead atoms. The number of benzene rings is 1. The Labute approximate surface area is 137 Å². The zero-order chi connectivity index (χ0) is 17.7. The Kier molecular flexibility index (Phi) is 5.46. The summed E-state index contributed by atoms with van der Waals surface area (Å²) < 4.78 is 19.8. The van der Waals surface area contributed by atoms with Crippen molar-refractivity contribution in [3.63, 3.8) is 0 Å². The van der Waals surface area contributed by atoms with Crippen LogP contribution in [-0.4, -0.2) is 49.2 Å². The maximum atomic E-state index is 11.5. The van der Waals surface area contributed by atoms with Gasteiger partial charge in [0.25, 0.3) is 0 Å². The summed E-state index contributed by atoms with van der Waals surface area (Å²) in [4.78, 5) is 34.1. The number of amides is 1. The predicted octanol–water partition coefficient (Wildman–Crippen LogP) is 0.699. The van der Waals surface area contributed by atoms with Crippen molar-refractivity contribution in [2.24, 2.45) is 0 Å². The van der Waals surface area contributed by atoms with Gasteiger partial charge in [-0.15, -0.1) is 0 Å². The summed E-state index contributed by atoms with van der Waals surface area (Å²) >= 11 is 0. The normalized spacial score (nSPS) is 14.4. The first-order chi connectivity index (χ1) is 11.4. The van der Waals surface area contributed by atoms with E-state index in [9.17, 15) is 19.5 Å². The van der Waals surface area contributed by atoms with Crippen molar-refractivity contribution in [3.8, 4) is 11.5 Å². The summed E-state index contributed by atoms with van der Waals surface area (Å²) in [6.07, 6.45) is -2.32. The van der Waals surface area contributed by atoms with Crippen molar-refractivity contribution in [2.45, 2.75) is 25.5 Å². The summed E-state index contributed by atoms with van der Waals surface area (Å²) in [6, 6.07) is 4.01. The minimum absolute atomic E-state index is 0.0794. The molecule has 0 radical (unpaired) electrons. The van der Waals surface area contributed by atoms with Crippen LogP contribution in [0.1, 0.15) is 12.5 Å². The molecular formula is C15H17NO8. The highest BCUT2D eigenvalue weighted by Gasteiger charge is 2.33. The molecule has 2 atom stereocenters. The summed E-state index contributed by atoms with van der Waals surface area (Å²) in [5, 5.41) is 11.7. The first-order valence-electron chi connectivity index (χ1n) is 7.03. The third-order valence-electron chi connectivity index (χ3n) is 3.28. The molecule has 24 heavy (non-hydrogen) atoms. The van der Waals surface area contributed by atoms with Gasteiger partial charge in [-0.3, -0.25) is 4.79 Å². The number of carbonyl (C=O) groups excluding carboxylic acids is 2. The van der Waals surface area contributed by atoms with Crippen LogP contribution in [0.5, 0.6) is 11.5 Å². The van der Waals surface area contributed by atoms with Crippen molar-refractivity contribution in [1.82, 2.24) is 5.32 Å². The van der Waals surface area contributed by atoms with Crippen LogP contribution in [0.4, 0.5) is 4.79 Å². The average molecular weight is 339 g/mol. The highest BCUT2D eigenvalue weighted by Crippen LogP contribution is 2.33. The number of esters is 1. The molecule has 1 aromatic carbocycles. The van der Waals surface area contributed by atoms with Gasteiger partial charge in [0, 0.05) is 6.92 Å². The van der Waals surface area contributed by atoms with E-state index in [-0.39, 0.29) is 13.2 Å². The predicted molar refractivity (Wildman–Crippen MR) is 78.8 cm³/mol. The molecule has 1 aliphatic heterocycles. The maximum Gasteiger partial charge on any atom is 0.407 e. The lowest BCUT2D eigenvalue weighted by molar-refractivity contribution is -0.164. The molecule has 9 nitrogen and oxygen atoms in total. The van der Waals surface area contributed by atoms with Crippen molar-refractivity contribution >= 4 is 18.0 Å². The molecule has 1 aromatic rings. The number of fused-ring (bicyclic) bond motifs is 1. The van der Waals surface area contributed by atoms with E-state index >= 15 is 0 Å². The lowest BCUT2D eigenvalue weighted by atomic mass is 10.0. The molecule has 0 aromatic heterocycles. The van der Waals surface area contributed by atoms with Gasteiger partial charge < -0.3 is 29.4 Å². The zero-order valence-electron chi connectivity index (χ0n) is 13.1. The molecular weight excluding hydrogens is 322 g/mol.